The zero-order valence-electron chi connectivity index (χ0n) is 18.6. The number of nitrogen functional groups attached to an aromatic ring is 1. The summed E-state index contributed by atoms with van der Waals surface area (Å²) in [4.78, 5) is 37.0. The second-order valence-corrected chi connectivity index (χ2v) is 9.88. The molecule has 1 fully saturated rings. The van der Waals surface area contributed by atoms with Gasteiger partial charge in [0.25, 0.3) is 5.91 Å². The highest BCUT2D eigenvalue weighted by molar-refractivity contribution is 6.05. The molecule has 1 aliphatic carbocycles. The first-order chi connectivity index (χ1) is 15.2. The first-order valence-electron chi connectivity index (χ1n) is 10.9. The predicted molar refractivity (Wildman–Crippen MR) is 123 cm³/mol. The molecule has 0 bridgehead atoms. The highest BCUT2D eigenvalue weighted by Gasteiger charge is 2.52. The van der Waals surface area contributed by atoms with Gasteiger partial charge in [-0.2, -0.15) is 0 Å². The van der Waals surface area contributed by atoms with Crippen molar-refractivity contribution in [3.05, 3.63) is 64.8 Å². The van der Waals surface area contributed by atoms with E-state index < -0.39 is 5.41 Å². The van der Waals surface area contributed by atoms with Crippen LogP contribution in [0.1, 0.15) is 60.8 Å². The number of nitrogens with one attached hydrogen (secondary N) is 1. The minimum Gasteiger partial charge on any atom is -0.368 e. The van der Waals surface area contributed by atoms with Crippen molar-refractivity contribution in [1.82, 2.24) is 20.2 Å². The van der Waals surface area contributed by atoms with Crippen LogP contribution < -0.4 is 11.1 Å². The van der Waals surface area contributed by atoms with E-state index in [9.17, 15) is 9.59 Å². The fourth-order valence-corrected chi connectivity index (χ4v) is 4.47. The van der Waals surface area contributed by atoms with Crippen molar-refractivity contribution in [2.75, 3.05) is 5.73 Å². The summed E-state index contributed by atoms with van der Waals surface area (Å²) in [7, 11) is 0. The Bertz CT molecular complexity index is 1230. The monoisotopic (exact) mass is 429 g/mol. The fourth-order valence-electron chi connectivity index (χ4n) is 4.47. The second-order valence-electron chi connectivity index (χ2n) is 9.88. The first kappa shape index (κ1) is 20.4. The molecule has 1 aliphatic heterocycles. The molecule has 2 aromatic carbocycles. The van der Waals surface area contributed by atoms with Gasteiger partial charge in [-0.3, -0.25) is 9.59 Å². The van der Waals surface area contributed by atoms with Crippen molar-refractivity contribution >= 4 is 28.7 Å². The van der Waals surface area contributed by atoms with E-state index in [-0.39, 0.29) is 29.0 Å². The van der Waals surface area contributed by atoms with Crippen molar-refractivity contribution in [2.45, 2.75) is 57.7 Å². The number of carbonyl (C=O) groups is 2. The number of hydrogen-bond donors (Lipinski definition) is 2. The summed E-state index contributed by atoms with van der Waals surface area (Å²) >= 11 is 0. The van der Waals surface area contributed by atoms with Crippen LogP contribution in [-0.4, -0.2) is 32.2 Å². The number of carbonyl (C=O) groups excluding carboxylic acids is 2. The van der Waals surface area contributed by atoms with E-state index >= 15 is 0 Å². The van der Waals surface area contributed by atoms with Crippen molar-refractivity contribution in [3.63, 3.8) is 0 Å². The van der Waals surface area contributed by atoms with Gasteiger partial charge in [0, 0.05) is 24.0 Å². The number of benzene rings is 2. The van der Waals surface area contributed by atoms with Crippen LogP contribution in [0.5, 0.6) is 0 Å². The lowest BCUT2D eigenvalue weighted by atomic mass is 9.92. The van der Waals surface area contributed by atoms with Gasteiger partial charge in [0.15, 0.2) is 0 Å². The van der Waals surface area contributed by atoms with Crippen LogP contribution in [0.3, 0.4) is 0 Å². The van der Waals surface area contributed by atoms with E-state index in [1.807, 2.05) is 63.2 Å². The molecule has 3 N–H and O–H groups in total. The van der Waals surface area contributed by atoms with E-state index in [0.29, 0.717) is 24.0 Å². The summed E-state index contributed by atoms with van der Waals surface area (Å²) in [6, 6.07) is 13.7. The highest BCUT2D eigenvalue weighted by Crippen LogP contribution is 2.49. The Labute approximate surface area is 187 Å². The average Bonchev–Trinajstić information content (AvgIpc) is 3.44. The topological polar surface area (TPSA) is 101 Å². The zero-order valence-corrected chi connectivity index (χ0v) is 18.6. The molecule has 0 saturated heterocycles. The van der Waals surface area contributed by atoms with E-state index in [1.165, 1.54) is 0 Å². The normalized spacial score (nSPS) is 16.7. The van der Waals surface area contributed by atoms with Gasteiger partial charge in [-0.1, -0.05) is 30.3 Å². The van der Waals surface area contributed by atoms with E-state index in [4.69, 9.17) is 5.73 Å². The van der Waals surface area contributed by atoms with Crippen LogP contribution >= 0.6 is 0 Å². The van der Waals surface area contributed by atoms with Crippen molar-refractivity contribution < 1.29 is 9.59 Å². The maximum atomic E-state index is 13.5. The van der Waals surface area contributed by atoms with Crippen LogP contribution in [0.4, 0.5) is 5.95 Å². The number of aromatic nitrogens is 2. The molecule has 2 heterocycles. The third kappa shape index (κ3) is 3.47. The second kappa shape index (κ2) is 7.02. The van der Waals surface area contributed by atoms with Crippen molar-refractivity contribution in [3.8, 4) is 0 Å². The van der Waals surface area contributed by atoms with E-state index in [2.05, 4.69) is 15.3 Å². The molecule has 0 atom stereocenters. The van der Waals surface area contributed by atoms with Gasteiger partial charge in [-0.05, 0) is 62.4 Å². The molecule has 1 aromatic heterocycles. The SMILES string of the molecule is CC(C)(C)NC(=O)C1(c2ccc3nc(N)nc(C(=O)N4Cc5ccccc5C4)c3c2)CC1. The van der Waals surface area contributed by atoms with Gasteiger partial charge in [0.05, 0.1) is 10.9 Å². The van der Waals surface area contributed by atoms with Crippen molar-refractivity contribution in [1.29, 1.82) is 0 Å². The largest absolute Gasteiger partial charge is 0.368 e. The molecule has 3 aromatic rings. The summed E-state index contributed by atoms with van der Waals surface area (Å²) in [6.07, 6.45) is 1.56. The molecule has 32 heavy (non-hydrogen) atoms. The lowest BCUT2D eigenvalue weighted by Crippen LogP contribution is -2.46. The molecule has 2 amide bonds. The molecule has 2 aliphatic rings. The molecule has 0 spiro atoms. The molecule has 7 nitrogen and oxygen atoms in total. The molecule has 0 unspecified atom stereocenters. The Hall–Kier alpha value is -3.48. The van der Waals surface area contributed by atoms with Gasteiger partial charge in [-0.15, -0.1) is 0 Å². The quantitative estimate of drug-likeness (QED) is 0.665. The minimum atomic E-state index is -0.562. The number of nitrogens with two attached hydrogens (primary N) is 1. The van der Waals surface area contributed by atoms with Crippen LogP contribution in [0.2, 0.25) is 0 Å². The first-order valence-corrected chi connectivity index (χ1v) is 10.9. The molecule has 5 rings (SSSR count). The number of hydrogen-bond acceptors (Lipinski definition) is 5. The standard InChI is InChI=1S/C25H27N5O2/c1-24(2,3)29-22(32)25(10-11-25)17-8-9-19-18(12-17)20(28-23(26)27-19)21(31)30-13-15-6-4-5-7-16(15)14-30/h4-9,12H,10-11,13-14H2,1-3H3,(H,29,32)(H2,26,27,28). The summed E-state index contributed by atoms with van der Waals surface area (Å²) in [6.45, 7) is 7.00. The molecule has 1 saturated carbocycles. The van der Waals surface area contributed by atoms with Gasteiger partial charge >= 0.3 is 0 Å². The van der Waals surface area contributed by atoms with Gasteiger partial charge in [0.1, 0.15) is 5.69 Å². The fraction of sp³-hybridized carbons (Fsp3) is 0.360. The zero-order chi connectivity index (χ0) is 22.7. The van der Waals surface area contributed by atoms with Crippen LogP contribution in [0.25, 0.3) is 10.9 Å². The summed E-state index contributed by atoms with van der Waals surface area (Å²) in [5.41, 5.74) is 9.13. The number of amides is 2. The maximum absolute atomic E-state index is 13.5. The minimum absolute atomic E-state index is 0.0172. The Morgan fingerprint density at radius 1 is 1.03 bits per heavy atom. The summed E-state index contributed by atoms with van der Waals surface area (Å²) in [5, 5.41) is 3.74. The Kier molecular flexibility index (Phi) is 4.48. The van der Waals surface area contributed by atoms with Crippen LogP contribution in [0.15, 0.2) is 42.5 Å². The molecule has 164 valence electrons. The highest BCUT2D eigenvalue weighted by atomic mass is 16.2. The Morgan fingerprint density at radius 2 is 1.69 bits per heavy atom. The maximum Gasteiger partial charge on any atom is 0.273 e. The lowest BCUT2D eigenvalue weighted by molar-refractivity contribution is -0.125. The summed E-state index contributed by atoms with van der Waals surface area (Å²) in [5.74, 6) is -0.0954. The van der Waals surface area contributed by atoms with E-state index in [0.717, 1.165) is 29.5 Å². The molecule has 7 heteroatoms. The number of fused-ring (bicyclic) bond motifs is 2. The number of nitrogens with zero attached hydrogens (tertiary/aromatic N) is 3. The van der Waals surface area contributed by atoms with Gasteiger partial charge in [-0.25, -0.2) is 9.97 Å². The van der Waals surface area contributed by atoms with Crippen LogP contribution in [0, 0.1) is 0 Å². The lowest BCUT2D eigenvalue weighted by Gasteiger charge is -2.25. The molecular weight excluding hydrogens is 402 g/mol. The third-order valence-corrected chi connectivity index (χ3v) is 6.27. The van der Waals surface area contributed by atoms with Gasteiger partial charge in [0.2, 0.25) is 11.9 Å². The summed E-state index contributed by atoms with van der Waals surface area (Å²) < 4.78 is 0. The molecular formula is C25H27N5O2. The smallest absolute Gasteiger partial charge is 0.273 e. The van der Waals surface area contributed by atoms with Crippen molar-refractivity contribution in [2.24, 2.45) is 0 Å². The predicted octanol–water partition coefficient (Wildman–Crippen LogP) is 3.31. The third-order valence-electron chi connectivity index (χ3n) is 6.27. The molecule has 0 radical (unpaired) electrons. The van der Waals surface area contributed by atoms with E-state index in [1.54, 1.807) is 4.90 Å². The van der Waals surface area contributed by atoms with Crippen LogP contribution in [-0.2, 0) is 23.3 Å². The Balaban J connectivity index is 1.53. The Morgan fingerprint density at radius 3 is 2.28 bits per heavy atom. The average molecular weight is 430 g/mol. The van der Waals surface area contributed by atoms with Gasteiger partial charge < -0.3 is 16.0 Å². The number of anilines is 1. The number of rotatable bonds is 3.